The summed E-state index contributed by atoms with van der Waals surface area (Å²) in [6, 6.07) is 14.3. The molecule has 5 aromatic rings. The van der Waals surface area contributed by atoms with Gasteiger partial charge in [-0.25, -0.2) is 13.1 Å². The molecule has 0 unspecified atom stereocenters. The highest BCUT2D eigenvalue weighted by Gasteiger charge is 2.31. The molecule has 1 amide bonds. The number of rotatable bonds is 6. The van der Waals surface area contributed by atoms with Crippen LogP contribution in [-0.4, -0.2) is 79.9 Å². The standard InChI is InChI=1S/C26H24N8O3S/c35-26(20-6-4-19(5-7-20)17-33-18-24(30-31-33)22-15-28-29-16-22)32-10-12-34(13-11-32)38(36,37)25-3-1-2-21-14-27-9-8-23(21)25/h1-9,14-16,18H,10-13,17H2,(H,28,29). The van der Waals surface area contributed by atoms with Gasteiger partial charge in [-0.1, -0.05) is 29.5 Å². The molecule has 0 bridgehead atoms. The average molecular weight is 529 g/mol. The number of fused-ring (bicyclic) bond motifs is 1. The smallest absolute Gasteiger partial charge is 0.253 e. The van der Waals surface area contributed by atoms with E-state index in [1.807, 2.05) is 24.4 Å². The van der Waals surface area contributed by atoms with Gasteiger partial charge in [-0.05, 0) is 29.8 Å². The molecule has 1 aliphatic rings. The van der Waals surface area contributed by atoms with Gasteiger partial charge < -0.3 is 4.90 Å². The Morgan fingerprint density at radius 2 is 1.79 bits per heavy atom. The third kappa shape index (κ3) is 4.55. The van der Waals surface area contributed by atoms with Gasteiger partial charge in [-0.3, -0.25) is 14.9 Å². The van der Waals surface area contributed by atoms with Crippen molar-refractivity contribution in [2.45, 2.75) is 11.4 Å². The van der Waals surface area contributed by atoms with Crippen LogP contribution < -0.4 is 0 Å². The van der Waals surface area contributed by atoms with E-state index in [1.165, 1.54) is 4.31 Å². The normalized spacial score (nSPS) is 14.7. The number of hydrogen-bond acceptors (Lipinski definition) is 7. The quantitative estimate of drug-likeness (QED) is 0.358. The summed E-state index contributed by atoms with van der Waals surface area (Å²) in [5.41, 5.74) is 3.12. The minimum absolute atomic E-state index is 0.118. The van der Waals surface area contributed by atoms with Gasteiger partial charge in [0.25, 0.3) is 5.91 Å². The van der Waals surface area contributed by atoms with Gasteiger partial charge >= 0.3 is 0 Å². The van der Waals surface area contributed by atoms with Crippen molar-refractivity contribution in [3.05, 3.63) is 90.6 Å². The summed E-state index contributed by atoms with van der Waals surface area (Å²) in [7, 11) is -3.70. The van der Waals surface area contributed by atoms with Gasteiger partial charge in [-0.15, -0.1) is 5.10 Å². The van der Waals surface area contributed by atoms with Crippen molar-refractivity contribution < 1.29 is 13.2 Å². The van der Waals surface area contributed by atoms with Gasteiger partial charge in [0.1, 0.15) is 5.69 Å². The average Bonchev–Trinajstić information content (AvgIpc) is 3.65. The minimum atomic E-state index is -3.70. The van der Waals surface area contributed by atoms with Crippen molar-refractivity contribution in [3.63, 3.8) is 0 Å². The second-order valence-electron chi connectivity index (χ2n) is 9.03. The highest BCUT2D eigenvalue weighted by Crippen LogP contribution is 2.26. The number of carbonyl (C=O) groups excluding carboxylic acids is 1. The van der Waals surface area contributed by atoms with Crippen LogP contribution in [0.4, 0.5) is 0 Å². The third-order valence-electron chi connectivity index (χ3n) is 6.66. The van der Waals surface area contributed by atoms with Crippen molar-refractivity contribution in [1.29, 1.82) is 0 Å². The van der Waals surface area contributed by atoms with Crippen LogP contribution in [0.2, 0.25) is 0 Å². The van der Waals surface area contributed by atoms with E-state index in [2.05, 4.69) is 25.5 Å². The van der Waals surface area contributed by atoms with E-state index in [1.54, 1.807) is 64.7 Å². The predicted octanol–water partition coefficient (Wildman–Crippen LogP) is 2.41. The highest BCUT2D eigenvalue weighted by atomic mass is 32.2. The Bertz CT molecular complexity index is 1680. The summed E-state index contributed by atoms with van der Waals surface area (Å²) in [4.78, 5) is 19.2. The number of hydrogen-bond donors (Lipinski definition) is 1. The lowest BCUT2D eigenvalue weighted by Gasteiger charge is -2.34. The molecule has 6 rings (SSSR count). The number of H-pyrrole nitrogens is 1. The largest absolute Gasteiger partial charge is 0.336 e. The Morgan fingerprint density at radius 1 is 0.974 bits per heavy atom. The van der Waals surface area contributed by atoms with Crippen molar-refractivity contribution in [2.24, 2.45) is 0 Å². The number of nitrogens with one attached hydrogen (secondary N) is 1. The first-order valence-electron chi connectivity index (χ1n) is 12.1. The molecule has 38 heavy (non-hydrogen) atoms. The number of aromatic nitrogens is 6. The molecule has 3 aromatic heterocycles. The van der Waals surface area contributed by atoms with Gasteiger partial charge in [0.15, 0.2) is 0 Å². The fraction of sp³-hybridized carbons (Fsp3) is 0.192. The fourth-order valence-electron chi connectivity index (χ4n) is 4.61. The number of carbonyl (C=O) groups is 1. The molecule has 192 valence electrons. The Hall–Kier alpha value is -4.42. The predicted molar refractivity (Wildman–Crippen MR) is 140 cm³/mol. The highest BCUT2D eigenvalue weighted by molar-refractivity contribution is 7.89. The first-order valence-corrected chi connectivity index (χ1v) is 13.5. The number of nitrogens with zero attached hydrogens (tertiary/aromatic N) is 7. The second kappa shape index (κ2) is 9.80. The van der Waals surface area contributed by atoms with Crippen LogP contribution in [0.5, 0.6) is 0 Å². The fourth-order valence-corrected chi connectivity index (χ4v) is 6.25. The molecule has 11 nitrogen and oxygen atoms in total. The molecule has 12 heteroatoms. The zero-order valence-electron chi connectivity index (χ0n) is 20.3. The van der Waals surface area contributed by atoms with Crippen LogP contribution in [0.1, 0.15) is 15.9 Å². The lowest BCUT2D eigenvalue weighted by atomic mass is 10.1. The number of benzene rings is 2. The van der Waals surface area contributed by atoms with Crippen LogP contribution in [0.15, 0.2) is 84.4 Å². The van der Waals surface area contributed by atoms with Crippen molar-refractivity contribution in [3.8, 4) is 11.3 Å². The van der Waals surface area contributed by atoms with Crippen molar-refractivity contribution in [2.75, 3.05) is 26.2 Å². The summed E-state index contributed by atoms with van der Waals surface area (Å²) in [5, 5.41) is 16.4. The summed E-state index contributed by atoms with van der Waals surface area (Å²) in [6.07, 6.45) is 8.53. The van der Waals surface area contributed by atoms with E-state index in [9.17, 15) is 13.2 Å². The van der Waals surface area contributed by atoms with E-state index in [0.29, 0.717) is 30.6 Å². The summed E-state index contributed by atoms with van der Waals surface area (Å²) in [5.74, 6) is -0.118. The Morgan fingerprint density at radius 3 is 2.55 bits per heavy atom. The molecule has 0 aliphatic carbocycles. The number of piperazine rings is 1. The SMILES string of the molecule is O=C(c1ccc(Cn2cc(-c3cn[nH]c3)nn2)cc1)N1CCN(S(=O)(=O)c2cccc3cnccc23)CC1. The van der Waals surface area contributed by atoms with Crippen LogP contribution in [0.3, 0.4) is 0 Å². The molecule has 1 aliphatic heterocycles. The van der Waals surface area contributed by atoms with E-state index in [4.69, 9.17) is 0 Å². The van der Waals surface area contributed by atoms with Crippen LogP contribution in [0.25, 0.3) is 22.0 Å². The molecule has 1 saturated heterocycles. The molecule has 4 heterocycles. The molecule has 0 saturated carbocycles. The molecule has 0 atom stereocenters. The zero-order chi connectivity index (χ0) is 26.1. The zero-order valence-corrected chi connectivity index (χ0v) is 21.1. The lowest BCUT2D eigenvalue weighted by Crippen LogP contribution is -2.50. The molecule has 1 N–H and O–H groups in total. The first-order chi connectivity index (χ1) is 18.5. The van der Waals surface area contributed by atoms with Gasteiger partial charge in [-0.2, -0.15) is 9.40 Å². The maximum Gasteiger partial charge on any atom is 0.253 e. The van der Waals surface area contributed by atoms with Crippen molar-refractivity contribution >= 4 is 26.7 Å². The van der Waals surface area contributed by atoms with E-state index < -0.39 is 10.0 Å². The molecular formula is C26H24N8O3S. The molecule has 1 fully saturated rings. The summed E-state index contributed by atoms with van der Waals surface area (Å²) < 4.78 is 30.0. The summed E-state index contributed by atoms with van der Waals surface area (Å²) in [6.45, 7) is 1.63. The summed E-state index contributed by atoms with van der Waals surface area (Å²) >= 11 is 0. The van der Waals surface area contributed by atoms with Crippen LogP contribution >= 0.6 is 0 Å². The second-order valence-corrected chi connectivity index (χ2v) is 10.9. The number of amides is 1. The monoisotopic (exact) mass is 528 g/mol. The van der Waals surface area contributed by atoms with Crippen LogP contribution in [0, 0.1) is 0 Å². The number of aromatic amines is 1. The molecule has 0 radical (unpaired) electrons. The maximum atomic E-state index is 13.4. The maximum absolute atomic E-state index is 13.4. The molecule has 2 aromatic carbocycles. The number of pyridine rings is 1. The van der Waals surface area contributed by atoms with Crippen LogP contribution in [-0.2, 0) is 16.6 Å². The molecule has 0 spiro atoms. The van der Waals surface area contributed by atoms with E-state index >= 15 is 0 Å². The van der Waals surface area contributed by atoms with E-state index in [0.717, 1.165) is 22.2 Å². The van der Waals surface area contributed by atoms with E-state index in [-0.39, 0.29) is 23.9 Å². The Kier molecular flexibility index (Phi) is 6.18. The topological polar surface area (TPSA) is 130 Å². The van der Waals surface area contributed by atoms with Gasteiger partial charge in [0.2, 0.25) is 10.0 Å². The number of sulfonamides is 1. The minimum Gasteiger partial charge on any atom is -0.336 e. The van der Waals surface area contributed by atoms with Gasteiger partial charge in [0, 0.05) is 66.7 Å². The third-order valence-corrected chi connectivity index (χ3v) is 8.62. The first kappa shape index (κ1) is 23.9. The Balaban J connectivity index is 1.09. The Labute approximate surface area is 218 Å². The molecular weight excluding hydrogens is 504 g/mol. The van der Waals surface area contributed by atoms with Crippen molar-refractivity contribution in [1.82, 2.24) is 39.4 Å². The lowest BCUT2D eigenvalue weighted by molar-refractivity contribution is 0.0698. The van der Waals surface area contributed by atoms with Gasteiger partial charge in [0.05, 0.1) is 23.8 Å².